The predicted octanol–water partition coefficient (Wildman–Crippen LogP) is 5.12. The fourth-order valence-corrected chi connectivity index (χ4v) is 4.77. The molecular weight excluding hydrogens is 420 g/mol. The topological polar surface area (TPSA) is 58.1 Å². The molecule has 0 aliphatic carbocycles. The summed E-state index contributed by atoms with van der Waals surface area (Å²) >= 11 is 0. The van der Waals surface area contributed by atoms with Crippen molar-refractivity contribution < 1.29 is 4.79 Å². The molecule has 1 aromatic heterocycles. The van der Waals surface area contributed by atoms with Crippen LogP contribution in [0.3, 0.4) is 0 Å². The van der Waals surface area contributed by atoms with E-state index >= 15 is 0 Å². The lowest BCUT2D eigenvalue weighted by molar-refractivity contribution is 0.0694. The summed E-state index contributed by atoms with van der Waals surface area (Å²) < 4.78 is 0. The van der Waals surface area contributed by atoms with Gasteiger partial charge >= 0.3 is 0 Å². The van der Waals surface area contributed by atoms with E-state index in [-0.39, 0.29) is 11.9 Å². The molecule has 3 aromatic rings. The van der Waals surface area contributed by atoms with Crippen molar-refractivity contribution in [3.05, 3.63) is 83.0 Å². The number of nitrogens with zero attached hydrogens (tertiary/aromatic N) is 3. The minimum absolute atomic E-state index is 0.00796. The van der Waals surface area contributed by atoms with Crippen molar-refractivity contribution in [2.24, 2.45) is 5.92 Å². The maximum Gasteiger partial charge on any atom is 0.274 e. The largest absolute Gasteiger partial charge is 0.334 e. The van der Waals surface area contributed by atoms with E-state index < -0.39 is 0 Å². The van der Waals surface area contributed by atoms with Crippen molar-refractivity contribution in [3.8, 4) is 11.3 Å². The van der Waals surface area contributed by atoms with Crippen LogP contribution in [0.4, 0.5) is 0 Å². The van der Waals surface area contributed by atoms with E-state index in [0.29, 0.717) is 30.6 Å². The molecule has 0 radical (unpaired) electrons. The summed E-state index contributed by atoms with van der Waals surface area (Å²) in [7, 11) is 0. The van der Waals surface area contributed by atoms with E-state index in [1.807, 2.05) is 17.0 Å². The van der Waals surface area contributed by atoms with Crippen molar-refractivity contribution >= 4 is 5.91 Å². The third-order valence-corrected chi connectivity index (χ3v) is 6.43. The number of aromatic nitrogens is 2. The Hall–Kier alpha value is -3.05. The number of hydrogen-bond acceptors (Lipinski definition) is 4. The molecule has 34 heavy (non-hydrogen) atoms. The number of nitrogens with one attached hydrogen (secondary N) is 1. The lowest BCUT2D eigenvalue weighted by atomic mass is 9.93. The Kier molecular flexibility index (Phi) is 7.73. The maximum atomic E-state index is 13.6. The van der Waals surface area contributed by atoms with E-state index in [2.05, 4.69) is 91.7 Å². The summed E-state index contributed by atoms with van der Waals surface area (Å²) in [6.45, 7) is 10.9. The van der Waals surface area contributed by atoms with Gasteiger partial charge in [-0.25, -0.2) is 0 Å². The Morgan fingerprint density at radius 2 is 1.76 bits per heavy atom. The molecule has 1 aliphatic heterocycles. The first-order chi connectivity index (χ1) is 16.4. The van der Waals surface area contributed by atoms with Gasteiger partial charge in [0, 0.05) is 31.2 Å². The summed E-state index contributed by atoms with van der Waals surface area (Å²) in [5.41, 5.74) is 5.96. The number of amides is 1. The van der Waals surface area contributed by atoms with Gasteiger partial charge < -0.3 is 10.2 Å². The number of piperazine rings is 1. The van der Waals surface area contributed by atoms with Gasteiger partial charge in [-0.2, -0.15) is 0 Å². The number of rotatable bonds is 7. The second-order valence-electron chi connectivity index (χ2n) is 10.0. The van der Waals surface area contributed by atoms with Crippen LogP contribution in [-0.2, 0) is 12.8 Å². The molecular formula is C29H36N4O. The van der Waals surface area contributed by atoms with Crippen LogP contribution in [0.25, 0.3) is 11.3 Å². The fourth-order valence-electron chi connectivity index (χ4n) is 4.77. The third kappa shape index (κ3) is 5.71. The Morgan fingerprint density at radius 1 is 1.03 bits per heavy atom. The maximum absolute atomic E-state index is 13.6. The molecule has 4 rings (SSSR count). The van der Waals surface area contributed by atoms with E-state index in [4.69, 9.17) is 0 Å². The Balaban J connectivity index is 1.59. The molecule has 1 saturated heterocycles. The van der Waals surface area contributed by atoms with Gasteiger partial charge in [-0.1, -0.05) is 82.3 Å². The summed E-state index contributed by atoms with van der Waals surface area (Å²) in [5, 5.41) is 12.6. The Labute approximate surface area is 203 Å². The lowest BCUT2D eigenvalue weighted by Gasteiger charge is -2.34. The molecule has 5 nitrogen and oxygen atoms in total. The van der Waals surface area contributed by atoms with Crippen LogP contribution in [0.2, 0.25) is 0 Å². The molecule has 1 N–H and O–H groups in total. The van der Waals surface area contributed by atoms with E-state index in [1.165, 1.54) is 11.1 Å². The molecule has 1 atom stereocenters. The Morgan fingerprint density at radius 3 is 2.50 bits per heavy atom. The zero-order valence-electron chi connectivity index (χ0n) is 20.8. The van der Waals surface area contributed by atoms with Gasteiger partial charge in [0.05, 0.1) is 5.69 Å². The van der Waals surface area contributed by atoms with Crippen LogP contribution in [-0.4, -0.2) is 46.7 Å². The first-order valence-electron chi connectivity index (χ1n) is 12.4. The molecule has 178 valence electrons. The van der Waals surface area contributed by atoms with E-state index in [0.717, 1.165) is 36.2 Å². The van der Waals surface area contributed by atoms with Gasteiger partial charge in [-0.05, 0) is 47.4 Å². The van der Waals surface area contributed by atoms with Crippen LogP contribution in [0, 0.1) is 5.92 Å². The highest BCUT2D eigenvalue weighted by molar-refractivity contribution is 5.94. The average Bonchev–Trinajstić information content (AvgIpc) is 2.84. The average molecular weight is 457 g/mol. The molecule has 1 fully saturated rings. The molecule has 0 spiro atoms. The SMILES string of the molecule is CC(C)Cc1cc(-c2ccccc2C(C)C)nnc1C(=O)N1CCNC(Cc2ccccc2)C1. The number of benzene rings is 2. The van der Waals surface area contributed by atoms with Crippen LogP contribution in [0.5, 0.6) is 0 Å². The number of hydrogen-bond donors (Lipinski definition) is 1. The molecule has 1 unspecified atom stereocenters. The van der Waals surface area contributed by atoms with Crippen molar-refractivity contribution in [1.29, 1.82) is 0 Å². The third-order valence-electron chi connectivity index (χ3n) is 6.43. The first-order valence-corrected chi connectivity index (χ1v) is 12.4. The molecule has 5 heteroatoms. The fraction of sp³-hybridized carbons (Fsp3) is 0.414. The van der Waals surface area contributed by atoms with Crippen LogP contribution in [0.1, 0.15) is 60.8 Å². The molecule has 1 aliphatic rings. The summed E-state index contributed by atoms with van der Waals surface area (Å²) in [6, 6.07) is 21.1. The smallest absolute Gasteiger partial charge is 0.274 e. The van der Waals surface area contributed by atoms with Gasteiger partial charge in [0.15, 0.2) is 5.69 Å². The highest BCUT2D eigenvalue weighted by atomic mass is 16.2. The van der Waals surface area contributed by atoms with Crippen molar-refractivity contribution in [2.45, 2.75) is 52.5 Å². The highest BCUT2D eigenvalue weighted by Gasteiger charge is 2.27. The van der Waals surface area contributed by atoms with Gasteiger partial charge in [-0.3, -0.25) is 4.79 Å². The minimum Gasteiger partial charge on any atom is -0.334 e. The zero-order valence-corrected chi connectivity index (χ0v) is 20.8. The molecule has 2 aromatic carbocycles. The predicted molar refractivity (Wildman–Crippen MR) is 138 cm³/mol. The zero-order chi connectivity index (χ0) is 24.1. The quantitative estimate of drug-likeness (QED) is 0.536. The van der Waals surface area contributed by atoms with Crippen LogP contribution in [0.15, 0.2) is 60.7 Å². The second kappa shape index (κ2) is 10.9. The van der Waals surface area contributed by atoms with Gasteiger partial charge in [0.2, 0.25) is 0 Å². The number of carbonyl (C=O) groups is 1. The molecule has 2 heterocycles. The summed E-state index contributed by atoms with van der Waals surface area (Å²) in [5.74, 6) is 0.791. The normalized spacial score (nSPS) is 16.3. The van der Waals surface area contributed by atoms with Gasteiger partial charge in [0.25, 0.3) is 5.91 Å². The van der Waals surface area contributed by atoms with Crippen molar-refractivity contribution in [1.82, 2.24) is 20.4 Å². The van der Waals surface area contributed by atoms with Crippen LogP contribution < -0.4 is 5.32 Å². The first kappa shape index (κ1) is 24.1. The monoisotopic (exact) mass is 456 g/mol. The van der Waals surface area contributed by atoms with Gasteiger partial charge in [0.1, 0.15) is 0 Å². The standard InChI is InChI=1S/C29H36N4O/c1-20(2)16-23-18-27(26-13-9-8-12-25(26)21(3)4)31-32-28(23)29(34)33-15-14-30-24(19-33)17-22-10-6-5-7-11-22/h5-13,18,20-21,24,30H,14-17,19H2,1-4H3. The van der Waals surface area contributed by atoms with Gasteiger partial charge in [-0.15, -0.1) is 10.2 Å². The summed E-state index contributed by atoms with van der Waals surface area (Å²) in [6.07, 6.45) is 1.70. The van der Waals surface area contributed by atoms with Crippen molar-refractivity contribution in [3.63, 3.8) is 0 Å². The molecule has 0 bridgehead atoms. The molecule has 1 amide bonds. The highest BCUT2D eigenvalue weighted by Crippen LogP contribution is 2.29. The minimum atomic E-state index is -0.00796. The molecule has 0 saturated carbocycles. The number of carbonyl (C=O) groups excluding carboxylic acids is 1. The summed E-state index contributed by atoms with van der Waals surface area (Å²) in [4.78, 5) is 15.6. The van der Waals surface area contributed by atoms with Crippen LogP contribution >= 0.6 is 0 Å². The lowest BCUT2D eigenvalue weighted by Crippen LogP contribution is -2.53. The van der Waals surface area contributed by atoms with E-state index in [1.54, 1.807) is 0 Å². The second-order valence-corrected chi connectivity index (χ2v) is 10.0. The van der Waals surface area contributed by atoms with Crippen molar-refractivity contribution in [2.75, 3.05) is 19.6 Å². The van der Waals surface area contributed by atoms with E-state index in [9.17, 15) is 4.79 Å². The Bertz CT molecular complexity index is 1110.